The van der Waals surface area contributed by atoms with Gasteiger partial charge in [-0.2, -0.15) is 0 Å². The van der Waals surface area contributed by atoms with Crippen molar-refractivity contribution in [1.29, 1.82) is 0 Å². The van der Waals surface area contributed by atoms with Gasteiger partial charge in [-0.1, -0.05) is 6.07 Å². The molecular weight excluding hydrogens is 268 g/mol. The number of likely N-dealkylation sites (tertiary alicyclic amines) is 1. The fourth-order valence-electron chi connectivity index (χ4n) is 3.05. The minimum atomic E-state index is -0.186. The van der Waals surface area contributed by atoms with Crippen LogP contribution >= 0.6 is 0 Å². The largest absolute Gasteiger partial charge is 0.486 e. The molecule has 114 valence electrons. The lowest BCUT2D eigenvalue weighted by Gasteiger charge is -2.37. The zero-order chi connectivity index (χ0) is 14.8. The average Bonchev–Trinajstić information content (AvgIpc) is 2.49. The zero-order valence-electron chi connectivity index (χ0n) is 12.4. The summed E-state index contributed by atoms with van der Waals surface area (Å²) in [5.74, 6) is 1.41. The summed E-state index contributed by atoms with van der Waals surface area (Å²) >= 11 is 0. The highest BCUT2D eigenvalue weighted by atomic mass is 16.6. The van der Waals surface area contributed by atoms with Crippen molar-refractivity contribution in [3.05, 3.63) is 23.8 Å². The monoisotopic (exact) mass is 290 g/mol. The summed E-state index contributed by atoms with van der Waals surface area (Å²) < 4.78 is 11.2. The van der Waals surface area contributed by atoms with E-state index in [-0.39, 0.29) is 11.8 Å². The van der Waals surface area contributed by atoms with Crippen LogP contribution in [0.2, 0.25) is 0 Å². The number of fused-ring (bicyclic) bond motifs is 1. The summed E-state index contributed by atoms with van der Waals surface area (Å²) in [6, 6.07) is 6.53. The zero-order valence-corrected chi connectivity index (χ0v) is 12.4. The summed E-state index contributed by atoms with van der Waals surface area (Å²) in [6.07, 6.45) is 1.91. The molecule has 2 atom stereocenters. The van der Waals surface area contributed by atoms with Crippen molar-refractivity contribution in [1.82, 2.24) is 4.90 Å². The minimum absolute atomic E-state index is 0.0292. The summed E-state index contributed by atoms with van der Waals surface area (Å²) in [7, 11) is 0. The highest BCUT2D eigenvalue weighted by Gasteiger charge is 2.28. The Morgan fingerprint density at radius 2 is 2.05 bits per heavy atom. The second-order valence-corrected chi connectivity index (χ2v) is 5.93. The quantitative estimate of drug-likeness (QED) is 0.917. The third-order valence-corrected chi connectivity index (χ3v) is 4.41. The molecule has 2 N–H and O–H groups in total. The fraction of sp³-hybridized carbons (Fsp3) is 0.562. The number of benzene rings is 1. The lowest BCUT2D eigenvalue weighted by molar-refractivity contribution is -0.124. The van der Waals surface area contributed by atoms with Crippen LogP contribution in [-0.2, 0) is 11.3 Å². The first-order valence-corrected chi connectivity index (χ1v) is 7.55. The number of amides is 1. The predicted octanol–water partition coefficient (Wildman–Crippen LogP) is 1.54. The molecule has 0 bridgehead atoms. The molecule has 1 aromatic rings. The standard InChI is InChI=1S/C16H22N2O3/c1-11-2-4-13(16(17)19)10-18(11)9-12-3-5-14-15(8-12)21-7-6-20-14/h3,5,8,11,13H,2,4,6-7,9-10H2,1H3,(H2,17,19)/t11-,13-/m0/s1. The Bertz CT molecular complexity index is 532. The molecule has 0 radical (unpaired) electrons. The molecule has 1 saturated heterocycles. The van der Waals surface area contributed by atoms with E-state index in [9.17, 15) is 4.79 Å². The molecule has 3 rings (SSSR count). The number of nitrogens with zero attached hydrogens (tertiary/aromatic N) is 1. The number of nitrogens with two attached hydrogens (primary N) is 1. The maximum Gasteiger partial charge on any atom is 0.221 e. The van der Waals surface area contributed by atoms with E-state index in [0.29, 0.717) is 19.3 Å². The molecule has 2 aliphatic heterocycles. The van der Waals surface area contributed by atoms with Gasteiger partial charge in [-0.25, -0.2) is 0 Å². The molecule has 1 amide bonds. The van der Waals surface area contributed by atoms with Crippen molar-refractivity contribution in [2.45, 2.75) is 32.4 Å². The Labute approximate surface area is 125 Å². The fourth-order valence-corrected chi connectivity index (χ4v) is 3.05. The maximum atomic E-state index is 11.4. The van der Waals surface area contributed by atoms with Gasteiger partial charge < -0.3 is 15.2 Å². The number of ether oxygens (including phenoxy) is 2. The number of hydrogen-bond acceptors (Lipinski definition) is 4. The second kappa shape index (κ2) is 5.93. The van der Waals surface area contributed by atoms with E-state index < -0.39 is 0 Å². The van der Waals surface area contributed by atoms with Crippen LogP contribution in [0.4, 0.5) is 0 Å². The van der Waals surface area contributed by atoms with Gasteiger partial charge in [-0.05, 0) is 37.5 Å². The van der Waals surface area contributed by atoms with Crippen molar-refractivity contribution in [3.63, 3.8) is 0 Å². The topological polar surface area (TPSA) is 64.8 Å². The SMILES string of the molecule is C[C@H]1CC[C@H](C(N)=O)CN1Cc1ccc2c(c1)OCCO2. The van der Waals surface area contributed by atoms with Gasteiger partial charge in [-0.15, -0.1) is 0 Å². The van der Waals surface area contributed by atoms with Gasteiger partial charge in [0.2, 0.25) is 5.91 Å². The first-order chi connectivity index (χ1) is 10.1. The average molecular weight is 290 g/mol. The number of carbonyl (C=O) groups is 1. The number of carbonyl (C=O) groups excluding carboxylic acids is 1. The Morgan fingerprint density at radius 3 is 2.81 bits per heavy atom. The summed E-state index contributed by atoms with van der Waals surface area (Å²) in [6.45, 7) is 4.96. The van der Waals surface area contributed by atoms with Crippen molar-refractivity contribution in [2.24, 2.45) is 11.7 Å². The van der Waals surface area contributed by atoms with Crippen molar-refractivity contribution in [2.75, 3.05) is 19.8 Å². The van der Waals surface area contributed by atoms with Crippen LogP contribution in [0.15, 0.2) is 18.2 Å². The maximum absolute atomic E-state index is 11.4. The highest BCUT2D eigenvalue weighted by molar-refractivity contribution is 5.77. The van der Waals surface area contributed by atoms with Crippen LogP contribution in [0.5, 0.6) is 11.5 Å². The summed E-state index contributed by atoms with van der Waals surface area (Å²) in [5, 5.41) is 0. The van der Waals surface area contributed by atoms with Gasteiger partial charge in [0.1, 0.15) is 13.2 Å². The van der Waals surface area contributed by atoms with Crippen LogP contribution in [0.3, 0.4) is 0 Å². The van der Waals surface area contributed by atoms with E-state index in [1.165, 1.54) is 5.56 Å². The molecule has 5 heteroatoms. The van der Waals surface area contributed by atoms with E-state index in [1.807, 2.05) is 12.1 Å². The third-order valence-electron chi connectivity index (χ3n) is 4.41. The molecule has 0 saturated carbocycles. The lowest BCUT2D eigenvalue weighted by Crippen LogP contribution is -2.45. The van der Waals surface area contributed by atoms with E-state index in [0.717, 1.165) is 37.4 Å². The lowest BCUT2D eigenvalue weighted by atomic mass is 9.92. The normalized spacial score (nSPS) is 25.6. The molecule has 0 unspecified atom stereocenters. The van der Waals surface area contributed by atoms with E-state index in [1.54, 1.807) is 0 Å². The molecule has 2 aliphatic rings. The summed E-state index contributed by atoms with van der Waals surface area (Å²) in [5.41, 5.74) is 6.63. The third kappa shape index (κ3) is 3.13. The first-order valence-electron chi connectivity index (χ1n) is 7.55. The van der Waals surface area contributed by atoms with Crippen molar-refractivity contribution >= 4 is 5.91 Å². The van der Waals surface area contributed by atoms with Crippen LogP contribution < -0.4 is 15.2 Å². The van der Waals surface area contributed by atoms with Gasteiger partial charge in [-0.3, -0.25) is 9.69 Å². The molecular formula is C16H22N2O3. The van der Waals surface area contributed by atoms with Gasteiger partial charge >= 0.3 is 0 Å². The van der Waals surface area contributed by atoms with E-state index >= 15 is 0 Å². The van der Waals surface area contributed by atoms with Crippen LogP contribution in [0.25, 0.3) is 0 Å². The molecule has 0 aliphatic carbocycles. The van der Waals surface area contributed by atoms with E-state index in [4.69, 9.17) is 15.2 Å². The molecule has 1 aromatic carbocycles. The predicted molar refractivity (Wildman–Crippen MR) is 79.2 cm³/mol. The Kier molecular flexibility index (Phi) is 4.01. The van der Waals surface area contributed by atoms with Crippen LogP contribution in [-0.4, -0.2) is 36.6 Å². The molecule has 5 nitrogen and oxygen atoms in total. The Morgan fingerprint density at radius 1 is 1.29 bits per heavy atom. The number of piperidine rings is 1. The molecule has 21 heavy (non-hydrogen) atoms. The van der Waals surface area contributed by atoms with Gasteiger partial charge in [0.15, 0.2) is 11.5 Å². The molecule has 0 aromatic heterocycles. The van der Waals surface area contributed by atoms with Gasteiger partial charge in [0, 0.05) is 19.1 Å². The molecule has 0 spiro atoms. The van der Waals surface area contributed by atoms with Gasteiger partial charge in [0.25, 0.3) is 0 Å². The van der Waals surface area contributed by atoms with Crippen molar-refractivity contribution < 1.29 is 14.3 Å². The van der Waals surface area contributed by atoms with Crippen LogP contribution in [0.1, 0.15) is 25.3 Å². The van der Waals surface area contributed by atoms with Crippen LogP contribution in [0, 0.1) is 5.92 Å². The minimum Gasteiger partial charge on any atom is -0.486 e. The van der Waals surface area contributed by atoms with Gasteiger partial charge in [0.05, 0.1) is 5.92 Å². The number of hydrogen-bond donors (Lipinski definition) is 1. The Hall–Kier alpha value is -1.75. The van der Waals surface area contributed by atoms with E-state index in [2.05, 4.69) is 17.9 Å². The van der Waals surface area contributed by atoms with Crippen molar-refractivity contribution in [3.8, 4) is 11.5 Å². The number of rotatable bonds is 3. The smallest absolute Gasteiger partial charge is 0.221 e. The second-order valence-electron chi connectivity index (χ2n) is 5.93. The Balaban J connectivity index is 1.71. The highest BCUT2D eigenvalue weighted by Crippen LogP contribution is 2.32. The first kappa shape index (κ1) is 14.2. The summed E-state index contributed by atoms with van der Waals surface area (Å²) in [4.78, 5) is 13.7. The number of primary amides is 1. The molecule has 1 fully saturated rings. The molecule has 2 heterocycles.